The maximum absolute atomic E-state index is 12.8. The van der Waals surface area contributed by atoms with E-state index in [9.17, 15) is 34.2 Å². The van der Waals surface area contributed by atoms with Crippen LogP contribution in [0.15, 0.2) is 24.3 Å². The predicted molar refractivity (Wildman–Crippen MR) is 124 cm³/mol. The number of aliphatic carboxylic acids is 2. The molecule has 0 aliphatic heterocycles. The van der Waals surface area contributed by atoms with Gasteiger partial charge in [-0.25, -0.2) is 4.79 Å². The van der Waals surface area contributed by atoms with Gasteiger partial charge in [0.15, 0.2) is 0 Å². The van der Waals surface area contributed by atoms with Crippen molar-refractivity contribution in [3.63, 3.8) is 0 Å². The number of phenols is 1. The second kappa shape index (κ2) is 14.1. The second-order valence-electron chi connectivity index (χ2n) is 7.55. The largest absolute Gasteiger partial charge is 0.508 e. The quantitative estimate of drug-likeness (QED) is 0.167. The van der Waals surface area contributed by atoms with E-state index in [0.717, 1.165) is 0 Å². The van der Waals surface area contributed by atoms with E-state index in [1.807, 2.05) is 6.26 Å². The van der Waals surface area contributed by atoms with Gasteiger partial charge in [0.2, 0.25) is 17.7 Å². The van der Waals surface area contributed by atoms with Crippen LogP contribution in [0.5, 0.6) is 5.75 Å². The Morgan fingerprint density at radius 2 is 1.53 bits per heavy atom. The van der Waals surface area contributed by atoms with Gasteiger partial charge < -0.3 is 37.0 Å². The van der Waals surface area contributed by atoms with Crippen molar-refractivity contribution >= 4 is 41.4 Å². The lowest BCUT2D eigenvalue weighted by Gasteiger charge is -2.23. The summed E-state index contributed by atoms with van der Waals surface area (Å²) in [7, 11) is 0. The molecule has 188 valence electrons. The highest BCUT2D eigenvalue weighted by molar-refractivity contribution is 7.98. The molecule has 0 radical (unpaired) electrons. The van der Waals surface area contributed by atoms with Crippen LogP contribution in [-0.4, -0.2) is 81.2 Å². The number of carboxylic acid groups (broad SMARTS) is 2. The number of benzene rings is 1. The summed E-state index contributed by atoms with van der Waals surface area (Å²) in [5.41, 5.74) is 6.32. The Balaban J connectivity index is 2.96. The molecule has 0 saturated carbocycles. The van der Waals surface area contributed by atoms with Gasteiger partial charge >= 0.3 is 11.9 Å². The van der Waals surface area contributed by atoms with Gasteiger partial charge in [0.1, 0.15) is 23.9 Å². The molecule has 0 bridgehead atoms. The molecule has 0 aromatic heterocycles. The number of carboxylic acids is 2. The molecule has 34 heavy (non-hydrogen) atoms. The van der Waals surface area contributed by atoms with E-state index in [2.05, 4.69) is 16.0 Å². The summed E-state index contributed by atoms with van der Waals surface area (Å²) in [5.74, 6) is -4.53. The van der Waals surface area contributed by atoms with Crippen molar-refractivity contribution in [3.05, 3.63) is 29.8 Å². The van der Waals surface area contributed by atoms with Gasteiger partial charge in [0.05, 0.1) is 12.5 Å². The van der Waals surface area contributed by atoms with Crippen LogP contribution in [0.2, 0.25) is 0 Å². The summed E-state index contributed by atoms with van der Waals surface area (Å²) < 4.78 is 0. The smallest absolute Gasteiger partial charge is 0.326 e. The fraction of sp³-hybridized carbons (Fsp3) is 0.476. The third kappa shape index (κ3) is 10.1. The first-order valence-corrected chi connectivity index (χ1v) is 11.7. The number of carbonyl (C=O) groups excluding carboxylic acids is 3. The highest BCUT2D eigenvalue weighted by atomic mass is 32.2. The molecule has 12 nitrogen and oxygen atoms in total. The van der Waals surface area contributed by atoms with E-state index < -0.39 is 60.2 Å². The molecule has 0 saturated heterocycles. The lowest BCUT2D eigenvalue weighted by atomic mass is 10.0. The zero-order valence-electron chi connectivity index (χ0n) is 18.8. The van der Waals surface area contributed by atoms with Gasteiger partial charge in [-0.3, -0.25) is 19.2 Å². The van der Waals surface area contributed by atoms with E-state index in [-0.39, 0.29) is 12.2 Å². The average Bonchev–Trinajstić information content (AvgIpc) is 2.77. The lowest BCUT2D eigenvalue weighted by Crippen LogP contribution is -2.57. The summed E-state index contributed by atoms with van der Waals surface area (Å²) in [4.78, 5) is 59.9. The van der Waals surface area contributed by atoms with Crippen LogP contribution in [0.25, 0.3) is 0 Å². The van der Waals surface area contributed by atoms with Gasteiger partial charge in [-0.15, -0.1) is 0 Å². The van der Waals surface area contributed by atoms with Crippen LogP contribution in [0, 0.1) is 0 Å². The fourth-order valence-corrected chi connectivity index (χ4v) is 3.27. The SMILES string of the molecule is CSCCC(N)C(=O)NC(C)C(=O)NC(Cc1ccc(O)cc1)C(=O)NC(CC(=O)O)C(=O)O. The number of hydrogen-bond donors (Lipinski definition) is 7. The Morgan fingerprint density at radius 3 is 2.06 bits per heavy atom. The molecule has 1 aromatic carbocycles. The van der Waals surface area contributed by atoms with Crippen molar-refractivity contribution in [2.75, 3.05) is 12.0 Å². The Morgan fingerprint density at radius 1 is 0.941 bits per heavy atom. The molecule has 4 atom stereocenters. The monoisotopic (exact) mass is 498 g/mol. The Labute approximate surface area is 200 Å². The van der Waals surface area contributed by atoms with Crippen molar-refractivity contribution in [2.45, 2.75) is 50.4 Å². The lowest BCUT2D eigenvalue weighted by molar-refractivity contribution is -0.147. The van der Waals surface area contributed by atoms with E-state index in [1.54, 1.807) is 0 Å². The van der Waals surface area contributed by atoms with Crippen LogP contribution in [0.3, 0.4) is 0 Å². The molecule has 0 aliphatic carbocycles. The summed E-state index contributed by atoms with van der Waals surface area (Å²) in [6.45, 7) is 1.40. The van der Waals surface area contributed by atoms with Crippen LogP contribution < -0.4 is 21.7 Å². The third-order valence-electron chi connectivity index (χ3n) is 4.72. The minimum absolute atomic E-state index is 0.0182. The molecule has 0 spiro atoms. The van der Waals surface area contributed by atoms with Crippen molar-refractivity contribution in [1.82, 2.24) is 16.0 Å². The average molecular weight is 499 g/mol. The zero-order valence-corrected chi connectivity index (χ0v) is 19.6. The second-order valence-corrected chi connectivity index (χ2v) is 8.53. The van der Waals surface area contributed by atoms with Crippen LogP contribution in [0.4, 0.5) is 0 Å². The van der Waals surface area contributed by atoms with Crippen LogP contribution >= 0.6 is 11.8 Å². The summed E-state index contributed by atoms with van der Waals surface area (Å²) in [6.07, 6.45) is 1.32. The highest BCUT2D eigenvalue weighted by Gasteiger charge is 2.30. The normalized spacial score (nSPS) is 14.2. The number of phenolic OH excluding ortho intramolecular Hbond substituents is 1. The number of hydrogen-bond acceptors (Lipinski definition) is 8. The van der Waals surface area contributed by atoms with Crippen molar-refractivity contribution in [1.29, 1.82) is 0 Å². The third-order valence-corrected chi connectivity index (χ3v) is 5.37. The molecule has 4 unspecified atom stereocenters. The molecule has 1 aromatic rings. The highest BCUT2D eigenvalue weighted by Crippen LogP contribution is 2.12. The first kappa shape index (κ1) is 28.7. The summed E-state index contributed by atoms with van der Waals surface area (Å²) in [6, 6.07) is 0.870. The molecule has 0 aliphatic rings. The Hall–Kier alpha value is -3.32. The molecular weight excluding hydrogens is 468 g/mol. The first-order valence-electron chi connectivity index (χ1n) is 10.3. The van der Waals surface area contributed by atoms with Gasteiger partial charge in [0.25, 0.3) is 0 Å². The number of nitrogens with two attached hydrogens (primary N) is 1. The fourth-order valence-electron chi connectivity index (χ4n) is 2.78. The van der Waals surface area contributed by atoms with Crippen LogP contribution in [0.1, 0.15) is 25.3 Å². The van der Waals surface area contributed by atoms with Crippen molar-refractivity contribution < 1.29 is 39.3 Å². The molecule has 0 heterocycles. The Bertz CT molecular complexity index is 880. The molecule has 1 rings (SSSR count). The zero-order chi connectivity index (χ0) is 25.8. The number of amides is 3. The molecule has 0 fully saturated rings. The number of rotatable bonds is 14. The topological polar surface area (TPSA) is 208 Å². The molecule has 3 amide bonds. The van der Waals surface area contributed by atoms with Gasteiger partial charge in [-0.2, -0.15) is 11.8 Å². The minimum Gasteiger partial charge on any atom is -0.508 e. The number of thioether (sulfide) groups is 1. The summed E-state index contributed by atoms with van der Waals surface area (Å²) in [5, 5.41) is 34.6. The van der Waals surface area contributed by atoms with Crippen molar-refractivity contribution in [3.8, 4) is 5.75 Å². The number of carbonyl (C=O) groups is 5. The first-order chi connectivity index (χ1) is 15.9. The molecule has 8 N–H and O–H groups in total. The van der Waals surface area contributed by atoms with Gasteiger partial charge in [-0.05, 0) is 43.0 Å². The predicted octanol–water partition coefficient (Wildman–Crippen LogP) is -0.951. The standard InChI is InChI=1S/C21H30N4O8S/c1-11(23-19(30)14(22)7-8-34-2)18(29)24-15(9-12-3-5-13(26)6-4-12)20(31)25-16(21(32)33)10-17(27)28/h3-6,11,14-16,26H,7-10,22H2,1-2H3,(H,23,30)(H,24,29)(H,25,31)(H,27,28)(H,32,33). The maximum Gasteiger partial charge on any atom is 0.326 e. The van der Waals surface area contributed by atoms with E-state index in [1.165, 1.54) is 43.0 Å². The van der Waals surface area contributed by atoms with Gasteiger partial charge in [0, 0.05) is 6.42 Å². The van der Waals surface area contributed by atoms with Crippen molar-refractivity contribution in [2.24, 2.45) is 5.73 Å². The molecule has 13 heteroatoms. The number of aromatic hydroxyl groups is 1. The van der Waals surface area contributed by atoms with E-state index in [0.29, 0.717) is 17.7 Å². The summed E-state index contributed by atoms with van der Waals surface area (Å²) >= 11 is 1.52. The molecular formula is C21H30N4O8S. The maximum atomic E-state index is 12.8. The minimum atomic E-state index is -1.71. The van der Waals surface area contributed by atoms with E-state index in [4.69, 9.17) is 10.8 Å². The Kier molecular flexibility index (Phi) is 11.9. The van der Waals surface area contributed by atoms with Crippen LogP contribution in [-0.2, 0) is 30.4 Å². The number of nitrogens with one attached hydrogen (secondary N) is 3. The van der Waals surface area contributed by atoms with E-state index >= 15 is 0 Å². The van der Waals surface area contributed by atoms with Gasteiger partial charge in [-0.1, -0.05) is 12.1 Å².